The summed E-state index contributed by atoms with van der Waals surface area (Å²) in [5, 5.41) is 0. The third-order valence-electron chi connectivity index (χ3n) is 4.57. The smallest absolute Gasteiger partial charge is 0.193 e. The lowest BCUT2D eigenvalue weighted by Gasteiger charge is -2.23. The molecule has 0 aliphatic heterocycles. The first kappa shape index (κ1) is 16.5. The number of Topliss-reactive ketones (excluding diaryl/α,β-unsaturated/α-hetero) is 1. The van der Waals surface area contributed by atoms with Crippen LogP contribution in [0.2, 0.25) is 0 Å². The van der Waals surface area contributed by atoms with Gasteiger partial charge in [-0.05, 0) is 49.9 Å². The standard InChI is InChI=1S/C20H18F2O2/c21-17-9-5-15(6-10-17)19(23)13-1-2-14(4-3-13)20(24)16-7-11-18(22)12-8-16/h1-6,9-10,16,18H,7-8,11-12H2. The lowest BCUT2D eigenvalue weighted by Crippen LogP contribution is -2.22. The van der Waals surface area contributed by atoms with Crippen molar-refractivity contribution in [2.24, 2.45) is 5.92 Å². The second-order valence-corrected chi connectivity index (χ2v) is 6.23. The summed E-state index contributed by atoms with van der Waals surface area (Å²) in [5.41, 5.74) is 1.40. The van der Waals surface area contributed by atoms with Crippen molar-refractivity contribution in [3.63, 3.8) is 0 Å². The first-order valence-corrected chi connectivity index (χ1v) is 8.13. The number of rotatable bonds is 4. The van der Waals surface area contributed by atoms with E-state index in [1.807, 2.05) is 0 Å². The Kier molecular flexibility index (Phi) is 4.84. The van der Waals surface area contributed by atoms with Crippen LogP contribution in [0.5, 0.6) is 0 Å². The van der Waals surface area contributed by atoms with E-state index in [1.165, 1.54) is 24.3 Å². The molecule has 0 atom stereocenters. The lowest BCUT2D eigenvalue weighted by molar-refractivity contribution is 0.0857. The minimum absolute atomic E-state index is 0.0164. The van der Waals surface area contributed by atoms with Crippen LogP contribution in [0.25, 0.3) is 0 Å². The third-order valence-corrected chi connectivity index (χ3v) is 4.57. The molecular formula is C20H18F2O2. The van der Waals surface area contributed by atoms with Crippen LogP contribution >= 0.6 is 0 Å². The van der Waals surface area contributed by atoms with E-state index in [9.17, 15) is 18.4 Å². The second kappa shape index (κ2) is 7.04. The van der Waals surface area contributed by atoms with E-state index in [0.29, 0.717) is 42.4 Å². The first-order valence-electron chi connectivity index (χ1n) is 8.13. The molecule has 3 rings (SSSR count). The quantitative estimate of drug-likeness (QED) is 0.758. The van der Waals surface area contributed by atoms with E-state index in [0.717, 1.165) is 0 Å². The van der Waals surface area contributed by atoms with Crippen molar-refractivity contribution < 1.29 is 18.4 Å². The zero-order valence-corrected chi connectivity index (χ0v) is 13.2. The number of alkyl halides is 1. The highest BCUT2D eigenvalue weighted by Crippen LogP contribution is 2.29. The summed E-state index contributed by atoms with van der Waals surface area (Å²) in [7, 11) is 0. The Hall–Kier alpha value is -2.36. The zero-order chi connectivity index (χ0) is 17.1. The van der Waals surface area contributed by atoms with Gasteiger partial charge in [0.1, 0.15) is 12.0 Å². The lowest BCUT2D eigenvalue weighted by atomic mass is 9.83. The summed E-state index contributed by atoms with van der Waals surface area (Å²) in [6.45, 7) is 0. The molecule has 1 aliphatic carbocycles. The Morgan fingerprint density at radius 1 is 0.750 bits per heavy atom. The maximum atomic E-state index is 13.2. The molecule has 0 amide bonds. The molecule has 0 unspecified atom stereocenters. The fourth-order valence-corrected chi connectivity index (χ4v) is 3.10. The van der Waals surface area contributed by atoms with Crippen LogP contribution in [0.3, 0.4) is 0 Å². The van der Waals surface area contributed by atoms with Crippen LogP contribution in [-0.4, -0.2) is 17.7 Å². The molecule has 0 heterocycles. The molecule has 2 aromatic carbocycles. The van der Waals surface area contributed by atoms with Crippen LogP contribution in [0.15, 0.2) is 48.5 Å². The molecule has 24 heavy (non-hydrogen) atoms. The zero-order valence-electron chi connectivity index (χ0n) is 13.2. The van der Waals surface area contributed by atoms with Crippen LogP contribution in [-0.2, 0) is 0 Å². The van der Waals surface area contributed by atoms with Gasteiger partial charge >= 0.3 is 0 Å². The predicted octanol–water partition coefficient (Wildman–Crippen LogP) is 4.77. The number of carbonyl (C=O) groups is 2. The Bertz CT molecular complexity index is 727. The molecule has 0 aromatic heterocycles. The van der Waals surface area contributed by atoms with Crippen molar-refractivity contribution in [1.82, 2.24) is 0 Å². The van der Waals surface area contributed by atoms with Gasteiger partial charge in [-0.3, -0.25) is 9.59 Å². The van der Waals surface area contributed by atoms with Crippen LogP contribution in [0.4, 0.5) is 8.78 Å². The van der Waals surface area contributed by atoms with Gasteiger partial charge in [-0.25, -0.2) is 8.78 Å². The fraction of sp³-hybridized carbons (Fsp3) is 0.300. The summed E-state index contributed by atoms with van der Waals surface area (Å²) in [6.07, 6.45) is 1.26. The summed E-state index contributed by atoms with van der Waals surface area (Å²) >= 11 is 0. The van der Waals surface area contributed by atoms with E-state index >= 15 is 0 Å². The highest BCUT2D eigenvalue weighted by atomic mass is 19.1. The molecule has 1 saturated carbocycles. The number of benzene rings is 2. The Morgan fingerprint density at radius 3 is 1.75 bits per heavy atom. The van der Waals surface area contributed by atoms with Crippen LogP contribution < -0.4 is 0 Å². The van der Waals surface area contributed by atoms with Gasteiger partial charge < -0.3 is 0 Å². The monoisotopic (exact) mass is 328 g/mol. The van der Waals surface area contributed by atoms with E-state index < -0.39 is 12.0 Å². The van der Waals surface area contributed by atoms with Crippen molar-refractivity contribution in [3.05, 3.63) is 71.0 Å². The average molecular weight is 328 g/mol. The number of halogens is 2. The summed E-state index contributed by atoms with van der Waals surface area (Å²) in [5.74, 6) is -0.722. The topological polar surface area (TPSA) is 34.1 Å². The van der Waals surface area contributed by atoms with Gasteiger partial charge in [0.2, 0.25) is 0 Å². The number of ketones is 2. The molecule has 0 saturated heterocycles. The molecule has 0 bridgehead atoms. The highest BCUT2D eigenvalue weighted by Gasteiger charge is 2.26. The predicted molar refractivity (Wildman–Crippen MR) is 87.5 cm³/mol. The summed E-state index contributed by atoms with van der Waals surface area (Å²) < 4.78 is 26.1. The minimum atomic E-state index is -0.787. The molecule has 0 radical (unpaired) electrons. The van der Waals surface area contributed by atoms with Gasteiger partial charge in [-0.1, -0.05) is 24.3 Å². The van der Waals surface area contributed by atoms with Gasteiger partial charge in [0, 0.05) is 22.6 Å². The summed E-state index contributed by atoms with van der Waals surface area (Å²) in [6, 6.07) is 11.9. The number of hydrogen-bond acceptors (Lipinski definition) is 2. The van der Waals surface area contributed by atoms with Gasteiger partial charge in [0.15, 0.2) is 11.6 Å². The first-order chi connectivity index (χ1) is 11.5. The van der Waals surface area contributed by atoms with Crippen LogP contribution in [0, 0.1) is 11.7 Å². The van der Waals surface area contributed by atoms with E-state index in [1.54, 1.807) is 24.3 Å². The molecule has 4 heteroatoms. The van der Waals surface area contributed by atoms with E-state index in [2.05, 4.69) is 0 Å². The molecule has 0 spiro atoms. The average Bonchev–Trinajstić information content (AvgIpc) is 2.62. The maximum absolute atomic E-state index is 13.2. The van der Waals surface area contributed by atoms with Gasteiger partial charge in [-0.15, -0.1) is 0 Å². The molecule has 2 nitrogen and oxygen atoms in total. The summed E-state index contributed by atoms with van der Waals surface area (Å²) in [4.78, 5) is 24.8. The van der Waals surface area contributed by atoms with E-state index in [-0.39, 0.29) is 17.5 Å². The van der Waals surface area contributed by atoms with Crippen LogP contribution in [0.1, 0.15) is 52.0 Å². The minimum Gasteiger partial charge on any atom is -0.294 e. The molecule has 124 valence electrons. The molecule has 0 N–H and O–H groups in total. The Labute approximate surface area is 139 Å². The van der Waals surface area contributed by atoms with Crippen molar-refractivity contribution in [2.45, 2.75) is 31.9 Å². The highest BCUT2D eigenvalue weighted by molar-refractivity contribution is 6.09. The number of hydrogen-bond donors (Lipinski definition) is 0. The largest absolute Gasteiger partial charge is 0.294 e. The normalized spacial score (nSPS) is 20.6. The fourth-order valence-electron chi connectivity index (χ4n) is 3.10. The molecule has 1 aliphatic rings. The molecule has 2 aromatic rings. The third kappa shape index (κ3) is 3.58. The van der Waals surface area contributed by atoms with Gasteiger partial charge in [0.05, 0.1) is 0 Å². The van der Waals surface area contributed by atoms with Crippen molar-refractivity contribution in [2.75, 3.05) is 0 Å². The molecular weight excluding hydrogens is 310 g/mol. The Balaban J connectivity index is 1.72. The van der Waals surface area contributed by atoms with Crippen molar-refractivity contribution in [1.29, 1.82) is 0 Å². The van der Waals surface area contributed by atoms with Gasteiger partial charge in [0.25, 0.3) is 0 Å². The second-order valence-electron chi connectivity index (χ2n) is 6.23. The number of carbonyl (C=O) groups excluding carboxylic acids is 2. The van der Waals surface area contributed by atoms with Gasteiger partial charge in [-0.2, -0.15) is 0 Å². The van der Waals surface area contributed by atoms with Crippen molar-refractivity contribution >= 4 is 11.6 Å². The van der Waals surface area contributed by atoms with E-state index in [4.69, 9.17) is 0 Å². The molecule has 1 fully saturated rings. The SMILES string of the molecule is O=C(c1ccc(F)cc1)c1ccc(C(=O)C2CCC(F)CC2)cc1. The van der Waals surface area contributed by atoms with Crippen molar-refractivity contribution in [3.8, 4) is 0 Å². The maximum Gasteiger partial charge on any atom is 0.193 e. The Morgan fingerprint density at radius 2 is 1.21 bits per heavy atom.